The molecule has 27 heavy (non-hydrogen) atoms. The SMILES string of the molecule is O=C(c1cccs1)N1CN(c2ccc(Cl)cc2)C(=O)/C(=C\c2cccs2)S1. The number of carbonyl (C=O) groups is 2. The summed E-state index contributed by atoms with van der Waals surface area (Å²) in [5.41, 5.74) is 0.700. The number of benzene rings is 1. The second kappa shape index (κ2) is 7.90. The molecule has 0 N–H and O–H groups in total. The summed E-state index contributed by atoms with van der Waals surface area (Å²) in [7, 11) is 0. The van der Waals surface area contributed by atoms with Crippen LogP contribution in [0.25, 0.3) is 6.08 Å². The third-order valence-electron chi connectivity index (χ3n) is 3.85. The maximum Gasteiger partial charge on any atom is 0.275 e. The Balaban J connectivity index is 1.70. The summed E-state index contributed by atoms with van der Waals surface area (Å²) in [6, 6.07) is 14.6. The Morgan fingerprint density at radius 3 is 2.44 bits per heavy atom. The molecule has 1 aromatic carbocycles. The van der Waals surface area contributed by atoms with Gasteiger partial charge in [0, 0.05) is 15.6 Å². The lowest BCUT2D eigenvalue weighted by Crippen LogP contribution is -2.46. The van der Waals surface area contributed by atoms with Crippen molar-refractivity contribution in [3.05, 3.63) is 79.0 Å². The van der Waals surface area contributed by atoms with Crippen molar-refractivity contribution in [1.29, 1.82) is 0 Å². The quantitative estimate of drug-likeness (QED) is 0.399. The number of nitrogens with zero attached hydrogens (tertiary/aromatic N) is 2. The summed E-state index contributed by atoms with van der Waals surface area (Å²) in [6.45, 7) is 0.170. The summed E-state index contributed by atoms with van der Waals surface area (Å²) in [5, 5.41) is 4.42. The van der Waals surface area contributed by atoms with Gasteiger partial charge in [-0.2, -0.15) is 0 Å². The van der Waals surface area contributed by atoms with Crippen LogP contribution >= 0.6 is 46.2 Å². The summed E-state index contributed by atoms with van der Waals surface area (Å²) in [4.78, 5) is 29.6. The first-order valence-electron chi connectivity index (χ1n) is 7.98. The molecule has 2 amide bonds. The topological polar surface area (TPSA) is 40.6 Å². The lowest BCUT2D eigenvalue weighted by molar-refractivity contribution is -0.114. The number of amides is 2. The van der Waals surface area contributed by atoms with Crippen LogP contribution in [0.3, 0.4) is 0 Å². The first-order valence-corrected chi connectivity index (χ1v) is 10.9. The summed E-state index contributed by atoms with van der Waals surface area (Å²) in [6.07, 6.45) is 1.83. The molecule has 8 heteroatoms. The summed E-state index contributed by atoms with van der Waals surface area (Å²) in [5.74, 6) is -0.246. The number of carbonyl (C=O) groups excluding carboxylic acids is 2. The van der Waals surface area contributed by atoms with Gasteiger partial charge in [0.15, 0.2) is 0 Å². The molecule has 0 radical (unpaired) electrons. The van der Waals surface area contributed by atoms with Crippen LogP contribution < -0.4 is 4.90 Å². The standard InChI is InChI=1S/C19H13ClN2O2S3/c20-13-5-7-14(8-6-13)21-12-22(19(24)16-4-2-10-26-16)27-17(18(21)23)11-15-3-1-9-25-15/h1-11H,12H2/b17-11+. The van der Waals surface area contributed by atoms with Crippen molar-refractivity contribution in [3.63, 3.8) is 0 Å². The van der Waals surface area contributed by atoms with Gasteiger partial charge in [-0.1, -0.05) is 23.7 Å². The van der Waals surface area contributed by atoms with Crippen molar-refractivity contribution < 1.29 is 9.59 Å². The van der Waals surface area contributed by atoms with Gasteiger partial charge in [0.25, 0.3) is 11.8 Å². The fourth-order valence-electron chi connectivity index (χ4n) is 2.55. The number of thiophene rings is 2. The van der Waals surface area contributed by atoms with E-state index in [1.807, 2.05) is 35.0 Å². The largest absolute Gasteiger partial charge is 0.289 e. The number of halogens is 1. The molecule has 0 saturated carbocycles. The van der Waals surface area contributed by atoms with Gasteiger partial charge in [0.1, 0.15) is 6.67 Å². The molecular weight excluding hydrogens is 420 g/mol. The van der Waals surface area contributed by atoms with E-state index in [4.69, 9.17) is 11.6 Å². The van der Waals surface area contributed by atoms with Crippen molar-refractivity contribution in [1.82, 2.24) is 4.31 Å². The van der Waals surface area contributed by atoms with Gasteiger partial charge in [-0.05, 0) is 65.2 Å². The molecule has 0 spiro atoms. The molecular formula is C19H13ClN2O2S3. The van der Waals surface area contributed by atoms with Crippen molar-refractivity contribution >= 4 is 69.8 Å². The average molecular weight is 433 g/mol. The van der Waals surface area contributed by atoms with Crippen LogP contribution in [-0.4, -0.2) is 22.8 Å². The number of anilines is 1. The van der Waals surface area contributed by atoms with E-state index < -0.39 is 0 Å². The molecule has 1 fully saturated rings. The third-order valence-corrected chi connectivity index (χ3v) is 6.77. The van der Waals surface area contributed by atoms with E-state index in [1.54, 1.807) is 50.9 Å². The first kappa shape index (κ1) is 18.3. The highest BCUT2D eigenvalue weighted by molar-refractivity contribution is 8.02. The van der Waals surface area contributed by atoms with Crippen molar-refractivity contribution in [2.75, 3.05) is 11.6 Å². The van der Waals surface area contributed by atoms with E-state index in [0.29, 0.717) is 20.5 Å². The molecule has 0 bridgehead atoms. The van der Waals surface area contributed by atoms with Gasteiger partial charge in [-0.3, -0.25) is 18.8 Å². The second-order valence-electron chi connectivity index (χ2n) is 5.63. The fraction of sp³-hybridized carbons (Fsp3) is 0.0526. The highest BCUT2D eigenvalue weighted by Gasteiger charge is 2.34. The number of hydrogen-bond acceptors (Lipinski definition) is 5. The van der Waals surface area contributed by atoms with Crippen LogP contribution in [0.5, 0.6) is 0 Å². The van der Waals surface area contributed by atoms with E-state index >= 15 is 0 Å². The lowest BCUT2D eigenvalue weighted by Gasteiger charge is -2.35. The van der Waals surface area contributed by atoms with Crippen molar-refractivity contribution in [3.8, 4) is 0 Å². The molecule has 1 aliphatic rings. The molecule has 3 aromatic rings. The molecule has 3 heterocycles. The Morgan fingerprint density at radius 2 is 1.78 bits per heavy atom. The molecule has 1 saturated heterocycles. The van der Waals surface area contributed by atoms with E-state index in [1.165, 1.54) is 23.3 Å². The van der Waals surface area contributed by atoms with Gasteiger partial charge in [0.2, 0.25) is 0 Å². The van der Waals surface area contributed by atoms with Crippen LogP contribution in [0.4, 0.5) is 5.69 Å². The zero-order chi connectivity index (χ0) is 18.8. The average Bonchev–Trinajstić information content (AvgIpc) is 3.37. The minimum absolute atomic E-state index is 0.112. The summed E-state index contributed by atoms with van der Waals surface area (Å²) < 4.78 is 1.61. The smallest absolute Gasteiger partial charge is 0.275 e. The number of hydrogen-bond donors (Lipinski definition) is 0. The normalized spacial score (nSPS) is 16.2. The van der Waals surface area contributed by atoms with Gasteiger partial charge in [0.05, 0.1) is 9.78 Å². The van der Waals surface area contributed by atoms with E-state index in [2.05, 4.69) is 0 Å². The maximum absolute atomic E-state index is 13.1. The first-order chi connectivity index (χ1) is 13.1. The molecule has 4 nitrogen and oxygen atoms in total. The second-order valence-corrected chi connectivity index (χ2v) is 9.05. The molecule has 0 atom stereocenters. The minimum atomic E-state index is -0.133. The Morgan fingerprint density at radius 1 is 1.04 bits per heavy atom. The molecule has 4 rings (SSSR count). The van der Waals surface area contributed by atoms with Gasteiger partial charge >= 0.3 is 0 Å². The van der Waals surface area contributed by atoms with E-state index in [9.17, 15) is 9.59 Å². The molecule has 136 valence electrons. The molecule has 0 aliphatic carbocycles. The Hall–Kier alpha value is -2.06. The molecule has 1 aliphatic heterocycles. The minimum Gasteiger partial charge on any atom is -0.289 e. The molecule has 0 unspecified atom stereocenters. The zero-order valence-electron chi connectivity index (χ0n) is 13.9. The zero-order valence-corrected chi connectivity index (χ0v) is 17.1. The Labute approximate surface area is 173 Å². The van der Waals surface area contributed by atoms with Crippen molar-refractivity contribution in [2.45, 2.75) is 0 Å². The maximum atomic E-state index is 13.1. The lowest BCUT2D eigenvalue weighted by atomic mass is 10.2. The summed E-state index contributed by atoms with van der Waals surface area (Å²) >= 11 is 10.1. The van der Waals surface area contributed by atoms with E-state index in [0.717, 1.165) is 4.88 Å². The van der Waals surface area contributed by atoms with Crippen LogP contribution in [-0.2, 0) is 4.79 Å². The van der Waals surface area contributed by atoms with Crippen LogP contribution in [0.1, 0.15) is 14.5 Å². The van der Waals surface area contributed by atoms with Gasteiger partial charge in [-0.15, -0.1) is 22.7 Å². The highest BCUT2D eigenvalue weighted by atomic mass is 35.5. The monoisotopic (exact) mass is 432 g/mol. The van der Waals surface area contributed by atoms with Gasteiger partial charge in [-0.25, -0.2) is 0 Å². The third kappa shape index (κ3) is 3.96. The Kier molecular flexibility index (Phi) is 5.36. The Bertz CT molecular complexity index is 983. The van der Waals surface area contributed by atoms with Crippen LogP contribution in [0, 0.1) is 0 Å². The van der Waals surface area contributed by atoms with Crippen molar-refractivity contribution in [2.24, 2.45) is 0 Å². The molecule has 2 aromatic heterocycles. The van der Waals surface area contributed by atoms with Crippen LogP contribution in [0.2, 0.25) is 5.02 Å². The highest BCUT2D eigenvalue weighted by Crippen LogP contribution is 2.35. The van der Waals surface area contributed by atoms with E-state index in [-0.39, 0.29) is 18.5 Å². The number of rotatable bonds is 3. The predicted octanol–water partition coefficient (Wildman–Crippen LogP) is 5.60. The predicted molar refractivity (Wildman–Crippen MR) is 114 cm³/mol. The fourth-order valence-corrected chi connectivity index (χ4v) is 5.10. The van der Waals surface area contributed by atoms with Crippen LogP contribution in [0.15, 0.2) is 64.2 Å². The van der Waals surface area contributed by atoms with Gasteiger partial charge < -0.3 is 0 Å².